The van der Waals surface area contributed by atoms with Crippen molar-refractivity contribution in [2.24, 2.45) is 11.8 Å². The fraction of sp³-hybridized carbons (Fsp3) is 0. The van der Waals surface area contributed by atoms with E-state index in [4.69, 9.17) is 31.3 Å². The fourth-order valence-corrected chi connectivity index (χ4v) is 3.64. The maximum Gasteiger partial charge on any atom is 0.563 e. The maximum absolute atomic E-state index is 12.1. The summed E-state index contributed by atoms with van der Waals surface area (Å²) in [5, 5.41) is 41.8. The molecule has 10 N–H and O–H groups in total. The van der Waals surface area contributed by atoms with E-state index in [1.807, 2.05) is 0 Å². The van der Waals surface area contributed by atoms with Crippen LogP contribution in [-0.4, -0.2) is 20.8 Å². The Morgan fingerprint density at radius 2 is 1.23 bits per heavy atom. The van der Waals surface area contributed by atoms with Crippen LogP contribution in [0, 0.1) is 0 Å². The Balaban J connectivity index is 2.31. The third kappa shape index (κ3) is 3.76. The first-order valence-corrected chi connectivity index (χ1v) is 10.7. The number of fused-ring (bicyclic) bond motifs is 2. The molecule has 0 saturated carbocycles. The molecule has 0 fully saturated rings. The van der Waals surface area contributed by atoms with Crippen LogP contribution in [0.1, 0.15) is 0 Å². The van der Waals surface area contributed by atoms with Gasteiger partial charge in [-0.2, -0.15) is 9.25 Å². The van der Waals surface area contributed by atoms with Gasteiger partial charge in [-0.25, -0.2) is 20.9 Å². The molecule has 0 spiro atoms. The molecule has 30 heavy (non-hydrogen) atoms. The SMILES string of the molecule is NOP(=O)(ON)Oc1cccc2c1[n+](O)c1cccc(OP(=O)(NO)NO)c1[n+]2O. The third-order valence-corrected chi connectivity index (χ3v) is 5.71. The Hall–Kier alpha value is -2.62. The topological polar surface area (TPSA) is 236 Å². The highest BCUT2D eigenvalue weighted by atomic mass is 31.2. The van der Waals surface area contributed by atoms with Gasteiger partial charge in [0, 0.05) is 21.6 Å². The lowest BCUT2D eigenvalue weighted by Gasteiger charge is -2.14. The van der Waals surface area contributed by atoms with Crippen LogP contribution in [0.5, 0.6) is 11.5 Å². The first-order chi connectivity index (χ1) is 14.2. The minimum absolute atomic E-state index is 0.136. The molecule has 0 saturated heterocycles. The molecule has 162 valence electrons. The van der Waals surface area contributed by atoms with E-state index in [0.717, 1.165) is 0 Å². The maximum atomic E-state index is 12.1. The monoisotopic (exact) mass is 466 g/mol. The summed E-state index contributed by atoms with van der Waals surface area (Å²) in [6.07, 6.45) is 0. The molecule has 1 aromatic heterocycles. The van der Waals surface area contributed by atoms with Crippen molar-refractivity contribution in [1.29, 1.82) is 0 Å². The summed E-state index contributed by atoms with van der Waals surface area (Å²) in [5.41, 5.74) is -0.757. The molecule has 3 rings (SSSR count). The van der Waals surface area contributed by atoms with Crippen molar-refractivity contribution >= 4 is 37.6 Å². The van der Waals surface area contributed by atoms with E-state index in [2.05, 4.69) is 9.25 Å². The summed E-state index contributed by atoms with van der Waals surface area (Å²) >= 11 is 0. The van der Waals surface area contributed by atoms with Crippen LogP contribution in [0.15, 0.2) is 36.4 Å². The van der Waals surface area contributed by atoms with Crippen LogP contribution >= 0.6 is 15.5 Å². The van der Waals surface area contributed by atoms with E-state index in [0.29, 0.717) is 9.46 Å². The van der Waals surface area contributed by atoms with Gasteiger partial charge in [0.05, 0.1) is 0 Å². The summed E-state index contributed by atoms with van der Waals surface area (Å²) in [4.78, 5) is 0. The van der Waals surface area contributed by atoms with E-state index >= 15 is 0 Å². The van der Waals surface area contributed by atoms with Gasteiger partial charge in [0.1, 0.15) is 0 Å². The van der Waals surface area contributed by atoms with Crippen LogP contribution < -0.4 is 40.8 Å². The number of phosphoric acid groups is 1. The standard InChI is InChI=1S/C12H16N6O10P2/c13-27-30(24,28-14)26-10-6-2-4-8-12(10)18(22)7-3-1-5-9(11(7)17(8)21)25-29(23,15-19)16-20/h1-6,19-22H,13-14H2,(H2,15,16,23)/q+2. The van der Waals surface area contributed by atoms with E-state index in [-0.39, 0.29) is 33.6 Å². The molecule has 0 unspecified atom stereocenters. The molecule has 0 bridgehead atoms. The Bertz CT molecular complexity index is 1100. The van der Waals surface area contributed by atoms with Gasteiger partial charge < -0.3 is 19.5 Å². The van der Waals surface area contributed by atoms with Crippen LogP contribution in [0.25, 0.3) is 22.1 Å². The van der Waals surface area contributed by atoms with Crippen LogP contribution in [0.4, 0.5) is 0 Å². The zero-order valence-electron chi connectivity index (χ0n) is 14.6. The number of hydrogen-bond donors (Lipinski definition) is 8. The second-order valence-corrected chi connectivity index (χ2v) is 8.65. The predicted molar refractivity (Wildman–Crippen MR) is 93.1 cm³/mol. The van der Waals surface area contributed by atoms with Crippen molar-refractivity contribution in [3.05, 3.63) is 36.4 Å². The third-order valence-electron chi connectivity index (χ3n) is 3.79. The average Bonchev–Trinajstić information content (AvgIpc) is 2.77. The number of rotatable bonds is 8. The van der Waals surface area contributed by atoms with Crippen molar-refractivity contribution in [3.63, 3.8) is 0 Å². The second kappa shape index (κ2) is 8.25. The minimum Gasteiger partial charge on any atom is -0.412 e. The normalized spacial score (nSPS) is 12.4. The first kappa shape index (κ1) is 22.1. The van der Waals surface area contributed by atoms with E-state index in [1.54, 1.807) is 0 Å². The number of para-hydroxylation sites is 2. The van der Waals surface area contributed by atoms with Crippen LogP contribution in [-0.2, 0) is 18.4 Å². The fourth-order valence-electron chi connectivity index (χ4n) is 2.57. The quantitative estimate of drug-likeness (QED) is 0.0703. The predicted octanol–water partition coefficient (Wildman–Crippen LogP) is -0.245. The highest BCUT2D eigenvalue weighted by Crippen LogP contribution is 2.47. The molecule has 0 aliphatic rings. The van der Waals surface area contributed by atoms with Crippen LogP contribution in [0.3, 0.4) is 0 Å². The lowest BCUT2D eigenvalue weighted by molar-refractivity contribution is -0.894. The smallest absolute Gasteiger partial charge is 0.412 e. The molecular weight excluding hydrogens is 450 g/mol. The highest BCUT2D eigenvalue weighted by molar-refractivity contribution is 7.54. The van der Waals surface area contributed by atoms with Gasteiger partial charge in [0.15, 0.2) is 0 Å². The Morgan fingerprint density at radius 3 is 1.63 bits per heavy atom. The van der Waals surface area contributed by atoms with E-state index in [1.165, 1.54) is 46.9 Å². The second-order valence-electron chi connectivity index (χ2n) is 5.46. The van der Waals surface area contributed by atoms with E-state index in [9.17, 15) is 19.5 Å². The Kier molecular flexibility index (Phi) is 6.07. The van der Waals surface area contributed by atoms with Crippen molar-refractivity contribution < 1.29 is 57.7 Å². The molecule has 0 aliphatic heterocycles. The summed E-state index contributed by atoms with van der Waals surface area (Å²) in [6.45, 7) is 0. The van der Waals surface area contributed by atoms with Gasteiger partial charge in [0.2, 0.25) is 11.5 Å². The lowest BCUT2D eigenvalue weighted by atomic mass is 10.2. The molecule has 0 atom stereocenters. The molecule has 18 heteroatoms. The molecule has 2 aromatic carbocycles. The Labute approximate surface area is 166 Å². The van der Waals surface area contributed by atoms with Gasteiger partial charge in [-0.1, -0.05) is 12.1 Å². The number of nitrogens with one attached hydrogen (secondary N) is 2. The zero-order valence-corrected chi connectivity index (χ0v) is 16.4. The van der Waals surface area contributed by atoms with Crippen molar-refractivity contribution in [2.75, 3.05) is 0 Å². The van der Waals surface area contributed by atoms with Gasteiger partial charge in [-0.3, -0.25) is 10.4 Å². The molecule has 3 aromatic rings. The molecular formula is C12H16N6O10P2+2. The molecule has 0 aliphatic carbocycles. The largest absolute Gasteiger partial charge is 0.563 e. The van der Waals surface area contributed by atoms with Crippen molar-refractivity contribution in [2.45, 2.75) is 0 Å². The molecule has 16 nitrogen and oxygen atoms in total. The number of nitrogens with zero attached hydrogens (tertiary/aromatic N) is 2. The summed E-state index contributed by atoms with van der Waals surface area (Å²) in [6, 6.07) is 7.76. The summed E-state index contributed by atoms with van der Waals surface area (Å²) in [7, 11) is -8.82. The average molecular weight is 466 g/mol. The summed E-state index contributed by atoms with van der Waals surface area (Å²) in [5.74, 6) is 9.07. The first-order valence-electron chi connectivity index (χ1n) is 7.65. The van der Waals surface area contributed by atoms with Gasteiger partial charge in [0.25, 0.3) is 0 Å². The minimum atomic E-state index is -4.44. The van der Waals surface area contributed by atoms with Gasteiger partial charge in [-0.15, -0.1) is 10.5 Å². The molecule has 1 heterocycles. The summed E-state index contributed by atoms with van der Waals surface area (Å²) < 4.78 is 43.5. The lowest BCUT2D eigenvalue weighted by Crippen LogP contribution is -2.43. The molecule has 0 radical (unpaired) electrons. The van der Waals surface area contributed by atoms with Gasteiger partial charge >= 0.3 is 37.6 Å². The van der Waals surface area contributed by atoms with Crippen molar-refractivity contribution in [1.82, 2.24) is 10.5 Å². The van der Waals surface area contributed by atoms with Crippen molar-refractivity contribution in [3.8, 4) is 11.5 Å². The zero-order chi connectivity index (χ0) is 22.1. The Morgan fingerprint density at radius 1 is 0.800 bits per heavy atom. The molecule has 0 amide bonds. The number of nitrogens with two attached hydrogens (primary N) is 2. The van der Waals surface area contributed by atoms with Gasteiger partial charge in [-0.05, 0) is 12.1 Å². The number of aromatic nitrogens is 2. The van der Waals surface area contributed by atoms with Crippen LogP contribution in [0.2, 0.25) is 0 Å². The number of benzene rings is 2. The highest BCUT2D eigenvalue weighted by Gasteiger charge is 2.38. The number of hydrogen-bond acceptors (Lipinski definition) is 12. The van der Waals surface area contributed by atoms with E-state index < -0.39 is 15.5 Å².